The molecule has 6 heteroatoms. The van der Waals surface area contributed by atoms with E-state index >= 15 is 0 Å². The number of nitrogens with one attached hydrogen (secondary N) is 2. The first-order valence-corrected chi connectivity index (χ1v) is 9.49. The number of anilines is 1. The van der Waals surface area contributed by atoms with Gasteiger partial charge in [0.25, 0.3) is 0 Å². The largest absolute Gasteiger partial charge is 0.456 e. The summed E-state index contributed by atoms with van der Waals surface area (Å²) in [6, 6.07) is 13.4. The molecule has 0 fully saturated rings. The number of fused-ring (bicyclic) bond motifs is 3. The summed E-state index contributed by atoms with van der Waals surface area (Å²) in [5.41, 5.74) is 2.03. The van der Waals surface area contributed by atoms with Crippen LogP contribution in [0.2, 0.25) is 0 Å². The molecule has 0 aliphatic carbocycles. The van der Waals surface area contributed by atoms with Gasteiger partial charge in [-0.2, -0.15) is 0 Å². The Balaban J connectivity index is 1.66. The number of hydrogen-bond donors (Lipinski definition) is 2. The Kier molecular flexibility index (Phi) is 5.70. The van der Waals surface area contributed by atoms with Crippen LogP contribution in [0.1, 0.15) is 27.7 Å². The van der Waals surface area contributed by atoms with Crippen LogP contribution in [-0.4, -0.2) is 41.9 Å². The Morgan fingerprint density at radius 2 is 1.64 bits per heavy atom. The van der Waals surface area contributed by atoms with Gasteiger partial charge in [0.2, 0.25) is 11.8 Å². The highest BCUT2D eigenvalue weighted by molar-refractivity contribution is 6.07. The average molecular weight is 381 g/mol. The van der Waals surface area contributed by atoms with Crippen molar-refractivity contribution in [1.82, 2.24) is 10.2 Å². The Labute approximate surface area is 164 Å². The molecule has 2 N–H and O–H groups in total. The van der Waals surface area contributed by atoms with E-state index in [1.165, 1.54) is 0 Å². The summed E-state index contributed by atoms with van der Waals surface area (Å²) in [6.45, 7) is 8.68. The van der Waals surface area contributed by atoms with E-state index in [1.54, 1.807) is 0 Å². The summed E-state index contributed by atoms with van der Waals surface area (Å²) in [6.07, 6.45) is 0. The van der Waals surface area contributed by atoms with Crippen molar-refractivity contribution in [2.24, 2.45) is 0 Å². The van der Waals surface area contributed by atoms with E-state index in [-0.39, 0.29) is 30.4 Å². The number of carbonyl (C=O) groups excluding carboxylic acids is 2. The van der Waals surface area contributed by atoms with Crippen LogP contribution in [0.25, 0.3) is 21.9 Å². The predicted octanol–water partition coefficient (Wildman–Crippen LogP) is 3.76. The molecule has 0 atom stereocenters. The summed E-state index contributed by atoms with van der Waals surface area (Å²) in [5, 5.41) is 7.82. The van der Waals surface area contributed by atoms with Crippen LogP contribution in [0.4, 0.5) is 5.69 Å². The summed E-state index contributed by atoms with van der Waals surface area (Å²) < 4.78 is 5.81. The maximum Gasteiger partial charge on any atom is 0.238 e. The fourth-order valence-corrected chi connectivity index (χ4v) is 3.15. The lowest BCUT2D eigenvalue weighted by Crippen LogP contribution is -2.47. The summed E-state index contributed by atoms with van der Waals surface area (Å²) in [5.74, 6) is -0.244. The maximum atomic E-state index is 12.5. The van der Waals surface area contributed by atoms with Crippen molar-refractivity contribution >= 4 is 39.4 Å². The fraction of sp³-hybridized carbons (Fsp3) is 0.364. The predicted molar refractivity (Wildman–Crippen MR) is 112 cm³/mol. The molecule has 0 spiro atoms. The highest BCUT2D eigenvalue weighted by Crippen LogP contribution is 2.30. The number of para-hydroxylation sites is 1. The van der Waals surface area contributed by atoms with Crippen LogP contribution >= 0.6 is 0 Å². The van der Waals surface area contributed by atoms with Crippen LogP contribution in [0.15, 0.2) is 46.9 Å². The van der Waals surface area contributed by atoms with Crippen molar-refractivity contribution in [2.75, 3.05) is 25.0 Å². The lowest BCUT2D eigenvalue weighted by Gasteiger charge is -2.24. The monoisotopic (exact) mass is 381 g/mol. The van der Waals surface area contributed by atoms with Crippen molar-refractivity contribution in [3.63, 3.8) is 0 Å². The normalized spacial score (nSPS) is 11.9. The number of hydrogen-bond acceptors (Lipinski definition) is 4. The molecule has 0 bridgehead atoms. The van der Waals surface area contributed by atoms with Crippen LogP contribution in [0.5, 0.6) is 0 Å². The van der Waals surface area contributed by atoms with Gasteiger partial charge in [-0.05, 0) is 51.6 Å². The van der Waals surface area contributed by atoms with E-state index in [0.717, 1.165) is 21.9 Å². The smallest absolute Gasteiger partial charge is 0.238 e. The first-order valence-electron chi connectivity index (χ1n) is 9.49. The first kappa shape index (κ1) is 19.9. The highest BCUT2D eigenvalue weighted by atomic mass is 16.3. The van der Waals surface area contributed by atoms with Crippen molar-refractivity contribution in [3.8, 4) is 0 Å². The Hall–Kier alpha value is -2.86. The van der Waals surface area contributed by atoms with Crippen LogP contribution < -0.4 is 10.6 Å². The van der Waals surface area contributed by atoms with E-state index in [9.17, 15) is 9.59 Å². The van der Waals surface area contributed by atoms with Crippen molar-refractivity contribution in [1.29, 1.82) is 0 Å². The standard InChI is InChI=1S/C22H27N3O3/c1-5-25(14-21(27)24-22(2,3)4)13-20(26)23-15-10-11-19-17(12-15)16-8-6-7-9-18(16)28-19/h6-12H,5,13-14H2,1-4H3,(H,23,26)(H,24,27). The zero-order valence-corrected chi connectivity index (χ0v) is 16.8. The van der Waals surface area contributed by atoms with Gasteiger partial charge in [0.05, 0.1) is 13.1 Å². The molecule has 3 aromatic rings. The number of likely N-dealkylation sites (N-methyl/N-ethyl adjacent to an activating group) is 1. The van der Waals surface area contributed by atoms with Crippen molar-refractivity contribution < 1.29 is 14.0 Å². The minimum absolute atomic E-state index is 0.0894. The molecule has 28 heavy (non-hydrogen) atoms. The second-order valence-corrected chi connectivity index (χ2v) is 7.96. The second kappa shape index (κ2) is 8.02. The molecular weight excluding hydrogens is 354 g/mol. The van der Waals surface area contributed by atoms with Crippen LogP contribution in [-0.2, 0) is 9.59 Å². The third kappa shape index (κ3) is 4.89. The number of rotatable bonds is 6. The average Bonchev–Trinajstić information content (AvgIpc) is 2.97. The molecule has 0 unspecified atom stereocenters. The van der Waals surface area contributed by atoms with Gasteiger partial charge in [0.15, 0.2) is 0 Å². The topological polar surface area (TPSA) is 74.6 Å². The van der Waals surface area contributed by atoms with Gasteiger partial charge in [0.1, 0.15) is 11.2 Å². The minimum atomic E-state index is -0.290. The quantitative estimate of drug-likeness (QED) is 0.682. The summed E-state index contributed by atoms with van der Waals surface area (Å²) >= 11 is 0. The third-order valence-electron chi connectivity index (χ3n) is 4.36. The third-order valence-corrected chi connectivity index (χ3v) is 4.36. The maximum absolute atomic E-state index is 12.5. The van der Waals surface area contributed by atoms with Gasteiger partial charge >= 0.3 is 0 Å². The zero-order chi connectivity index (χ0) is 20.3. The van der Waals surface area contributed by atoms with Crippen LogP contribution in [0.3, 0.4) is 0 Å². The van der Waals surface area contributed by atoms with Gasteiger partial charge < -0.3 is 15.1 Å². The molecule has 148 valence electrons. The fourth-order valence-electron chi connectivity index (χ4n) is 3.15. The molecule has 0 aliphatic rings. The molecule has 2 aromatic carbocycles. The number of furan rings is 1. The molecular formula is C22H27N3O3. The van der Waals surface area contributed by atoms with E-state index in [0.29, 0.717) is 12.2 Å². The zero-order valence-electron chi connectivity index (χ0n) is 16.8. The Morgan fingerprint density at radius 3 is 2.36 bits per heavy atom. The molecule has 1 heterocycles. The van der Waals surface area contributed by atoms with Crippen molar-refractivity contribution in [2.45, 2.75) is 33.2 Å². The Morgan fingerprint density at radius 1 is 0.964 bits per heavy atom. The highest BCUT2D eigenvalue weighted by Gasteiger charge is 2.18. The van der Waals surface area contributed by atoms with E-state index in [2.05, 4.69) is 10.6 Å². The molecule has 3 rings (SSSR count). The summed E-state index contributed by atoms with van der Waals surface area (Å²) in [4.78, 5) is 26.4. The van der Waals surface area contributed by atoms with Gasteiger partial charge in [-0.1, -0.05) is 25.1 Å². The number of carbonyl (C=O) groups is 2. The lowest BCUT2D eigenvalue weighted by atomic mass is 10.1. The van der Waals surface area contributed by atoms with Gasteiger partial charge in [-0.3, -0.25) is 14.5 Å². The van der Waals surface area contributed by atoms with E-state index in [4.69, 9.17) is 4.42 Å². The first-order chi connectivity index (χ1) is 13.2. The molecule has 0 aliphatic heterocycles. The Bertz CT molecular complexity index is 1000. The van der Waals surface area contributed by atoms with Gasteiger partial charge in [-0.15, -0.1) is 0 Å². The molecule has 0 saturated heterocycles. The molecule has 1 aromatic heterocycles. The molecule has 2 amide bonds. The van der Waals surface area contributed by atoms with E-state index in [1.807, 2.05) is 75.1 Å². The number of benzene rings is 2. The molecule has 0 radical (unpaired) electrons. The van der Waals surface area contributed by atoms with Crippen LogP contribution in [0, 0.1) is 0 Å². The summed E-state index contributed by atoms with van der Waals surface area (Å²) in [7, 11) is 0. The number of nitrogens with zero attached hydrogens (tertiary/aromatic N) is 1. The van der Waals surface area contributed by atoms with Gasteiger partial charge in [0, 0.05) is 22.0 Å². The van der Waals surface area contributed by atoms with Crippen molar-refractivity contribution in [3.05, 3.63) is 42.5 Å². The minimum Gasteiger partial charge on any atom is -0.456 e. The van der Waals surface area contributed by atoms with Gasteiger partial charge in [-0.25, -0.2) is 0 Å². The SMILES string of the molecule is CCN(CC(=O)Nc1ccc2oc3ccccc3c2c1)CC(=O)NC(C)(C)C. The molecule has 6 nitrogen and oxygen atoms in total. The second-order valence-electron chi connectivity index (χ2n) is 7.96. The number of amides is 2. The molecule has 0 saturated carbocycles. The lowest BCUT2D eigenvalue weighted by molar-refractivity contribution is -0.124. The van der Waals surface area contributed by atoms with E-state index < -0.39 is 0 Å².